The lowest BCUT2D eigenvalue weighted by Gasteiger charge is -2.22. The number of hydrogen-bond donors (Lipinski definition) is 3. The maximum absolute atomic E-state index is 12.3. The molecule has 2 aromatic carbocycles. The van der Waals surface area contributed by atoms with Crippen molar-refractivity contribution in [3.63, 3.8) is 0 Å². The number of phenolic OH excluding ortho intramolecular Hbond substituents is 1. The van der Waals surface area contributed by atoms with Crippen molar-refractivity contribution in [1.29, 1.82) is 0 Å². The molecule has 0 aromatic heterocycles. The first kappa shape index (κ1) is 17.0. The quantitative estimate of drug-likeness (QED) is 0.795. The molecule has 5 nitrogen and oxygen atoms in total. The smallest absolute Gasteiger partial charge is 0.259 e. The maximum atomic E-state index is 12.3. The summed E-state index contributed by atoms with van der Waals surface area (Å²) in [6, 6.07) is 13.4. The lowest BCUT2D eigenvalue weighted by Crippen LogP contribution is -2.36. The third-order valence-electron chi connectivity index (χ3n) is 4.49. The van der Waals surface area contributed by atoms with Crippen LogP contribution in [0.4, 0.5) is 5.69 Å². The second kappa shape index (κ2) is 7.83. The number of carbonyl (C=O) groups is 2. The first-order chi connectivity index (χ1) is 12.1. The fourth-order valence-corrected chi connectivity index (χ4v) is 3.08. The van der Waals surface area contributed by atoms with Crippen LogP contribution in [0.2, 0.25) is 0 Å². The molecule has 130 valence electrons. The van der Waals surface area contributed by atoms with Gasteiger partial charge in [0, 0.05) is 17.3 Å². The molecular weight excluding hydrogens is 316 g/mol. The van der Waals surface area contributed by atoms with Gasteiger partial charge in [0.2, 0.25) is 0 Å². The molecule has 2 amide bonds. The van der Waals surface area contributed by atoms with Crippen molar-refractivity contribution in [2.45, 2.75) is 38.1 Å². The molecule has 0 saturated heterocycles. The number of amides is 2. The van der Waals surface area contributed by atoms with E-state index in [1.54, 1.807) is 42.5 Å². The molecule has 2 aromatic rings. The van der Waals surface area contributed by atoms with Crippen LogP contribution in [0, 0.1) is 0 Å². The molecule has 5 heteroatoms. The summed E-state index contributed by atoms with van der Waals surface area (Å²) < 4.78 is 0. The molecule has 0 aliphatic heterocycles. The summed E-state index contributed by atoms with van der Waals surface area (Å²) in [5.41, 5.74) is 1.36. The Hall–Kier alpha value is -2.82. The number of para-hydroxylation sites is 1. The first-order valence-corrected chi connectivity index (χ1v) is 8.64. The van der Waals surface area contributed by atoms with Crippen LogP contribution in [0.1, 0.15) is 52.8 Å². The van der Waals surface area contributed by atoms with Crippen molar-refractivity contribution in [3.05, 3.63) is 59.7 Å². The zero-order chi connectivity index (χ0) is 17.6. The Bertz CT molecular complexity index is 750. The van der Waals surface area contributed by atoms with E-state index in [1.807, 2.05) is 0 Å². The highest BCUT2D eigenvalue weighted by Gasteiger charge is 2.17. The Morgan fingerprint density at radius 1 is 0.880 bits per heavy atom. The maximum Gasteiger partial charge on any atom is 0.259 e. The molecule has 0 radical (unpaired) electrons. The van der Waals surface area contributed by atoms with E-state index in [4.69, 9.17) is 0 Å². The van der Waals surface area contributed by atoms with E-state index in [2.05, 4.69) is 10.6 Å². The Balaban J connectivity index is 1.61. The van der Waals surface area contributed by atoms with Crippen LogP contribution >= 0.6 is 0 Å². The number of benzene rings is 2. The van der Waals surface area contributed by atoms with Gasteiger partial charge in [-0.3, -0.25) is 9.59 Å². The minimum absolute atomic E-state index is 0.0662. The second-order valence-corrected chi connectivity index (χ2v) is 6.36. The summed E-state index contributed by atoms with van der Waals surface area (Å²) in [5, 5.41) is 15.5. The molecule has 0 heterocycles. The van der Waals surface area contributed by atoms with Gasteiger partial charge in [-0.15, -0.1) is 0 Å². The van der Waals surface area contributed by atoms with Gasteiger partial charge >= 0.3 is 0 Å². The lowest BCUT2D eigenvalue weighted by molar-refractivity contribution is 0.0927. The first-order valence-electron chi connectivity index (χ1n) is 8.64. The van der Waals surface area contributed by atoms with Crippen LogP contribution in [0.3, 0.4) is 0 Å². The molecule has 1 fully saturated rings. The molecule has 3 N–H and O–H groups in total. The Morgan fingerprint density at radius 2 is 1.56 bits per heavy atom. The summed E-state index contributed by atoms with van der Waals surface area (Å²) in [4.78, 5) is 24.4. The van der Waals surface area contributed by atoms with E-state index in [0.717, 1.165) is 12.8 Å². The molecule has 0 atom stereocenters. The molecule has 1 aliphatic rings. The molecule has 1 saturated carbocycles. The number of hydrogen-bond acceptors (Lipinski definition) is 3. The van der Waals surface area contributed by atoms with Crippen LogP contribution in [0.25, 0.3) is 0 Å². The predicted molar refractivity (Wildman–Crippen MR) is 96.8 cm³/mol. The van der Waals surface area contributed by atoms with Crippen molar-refractivity contribution in [1.82, 2.24) is 5.32 Å². The average Bonchev–Trinajstić information content (AvgIpc) is 2.63. The number of phenols is 1. The second-order valence-electron chi connectivity index (χ2n) is 6.36. The van der Waals surface area contributed by atoms with E-state index >= 15 is 0 Å². The van der Waals surface area contributed by atoms with Gasteiger partial charge in [-0.1, -0.05) is 31.4 Å². The standard InChI is InChI=1S/C20H22N2O3/c23-18-9-5-4-8-17(18)20(25)22-16-12-10-14(11-13-16)19(24)21-15-6-2-1-3-7-15/h4-5,8-13,15,23H,1-3,6-7H2,(H,21,24)(H,22,25). The summed E-state index contributed by atoms with van der Waals surface area (Å²) in [6.07, 6.45) is 5.67. The van der Waals surface area contributed by atoms with Crippen molar-refractivity contribution >= 4 is 17.5 Å². The van der Waals surface area contributed by atoms with E-state index in [1.165, 1.54) is 25.3 Å². The Morgan fingerprint density at radius 3 is 2.24 bits per heavy atom. The lowest BCUT2D eigenvalue weighted by atomic mass is 9.95. The normalized spacial score (nSPS) is 14.7. The van der Waals surface area contributed by atoms with Gasteiger partial charge in [-0.2, -0.15) is 0 Å². The van der Waals surface area contributed by atoms with Gasteiger partial charge < -0.3 is 15.7 Å². The Labute approximate surface area is 147 Å². The van der Waals surface area contributed by atoms with Gasteiger partial charge in [0.15, 0.2) is 0 Å². The molecule has 25 heavy (non-hydrogen) atoms. The van der Waals surface area contributed by atoms with Crippen molar-refractivity contribution in [3.8, 4) is 5.75 Å². The van der Waals surface area contributed by atoms with Crippen LogP contribution in [-0.4, -0.2) is 23.0 Å². The van der Waals surface area contributed by atoms with E-state index in [-0.39, 0.29) is 23.3 Å². The highest BCUT2D eigenvalue weighted by Crippen LogP contribution is 2.19. The molecule has 3 rings (SSSR count). The molecule has 0 unspecified atom stereocenters. The van der Waals surface area contributed by atoms with Crippen LogP contribution < -0.4 is 10.6 Å². The number of aromatic hydroxyl groups is 1. The van der Waals surface area contributed by atoms with Crippen LogP contribution in [0.5, 0.6) is 5.75 Å². The largest absolute Gasteiger partial charge is 0.507 e. The number of anilines is 1. The minimum atomic E-state index is -0.391. The fraction of sp³-hybridized carbons (Fsp3) is 0.300. The Kier molecular flexibility index (Phi) is 5.33. The number of rotatable bonds is 4. The highest BCUT2D eigenvalue weighted by atomic mass is 16.3. The number of nitrogens with one attached hydrogen (secondary N) is 2. The van der Waals surface area contributed by atoms with Crippen molar-refractivity contribution in [2.24, 2.45) is 0 Å². The summed E-state index contributed by atoms with van der Waals surface area (Å²) in [6.45, 7) is 0. The number of carbonyl (C=O) groups excluding carboxylic acids is 2. The minimum Gasteiger partial charge on any atom is -0.507 e. The summed E-state index contributed by atoms with van der Waals surface area (Å²) >= 11 is 0. The highest BCUT2D eigenvalue weighted by molar-refractivity contribution is 6.06. The van der Waals surface area contributed by atoms with Gasteiger partial charge in [-0.05, 0) is 49.2 Å². The zero-order valence-corrected chi connectivity index (χ0v) is 14.0. The van der Waals surface area contributed by atoms with Crippen LogP contribution in [0.15, 0.2) is 48.5 Å². The van der Waals surface area contributed by atoms with E-state index in [0.29, 0.717) is 11.3 Å². The van der Waals surface area contributed by atoms with E-state index in [9.17, 15) is 14.7 Å². The monoisotopic (exact) mass is 338 g/mol. The van der Waals surface area contributed by atoms with Gasteiger partial charge in [0.1, 0.15) is 5.75 Å². The average molecular weight is 338 g/mol. The van der Waals surface area contributed by atoms with Gasteiger partial charge in [-0.25, -0.2) is 0 Å². The SMILES string of the molecule is O=C(NC1CCCCC1)c1ccc(NC(=O)c2ccccc2O)cc1. The van der Waals surface area contributed by atoms with Gasteiger partial charge in [0.05, 0.1) is 5.56 Å². The third-order valence-corrected chi connectivity index (χ3v) is 4.49. The fourth-order valence-electron chi connectivity index (χ4n) is 3.08. The molecular formula is C20H22N2O3. The molecule has 1 aliphatic carbocycles. The third kappa shape index (κ3) is 4.38. The zero-order valence-electron chi connectivity index (χ0n) is 14.0. The predicted octanol–water partition coefficient (Wildman–Crippen LogP) is 3.71. The van der Waals surface area contributed by atoms with E-state index < -0.39 is 5.91 Å². The van der Waals surface area contributed by atoms with Crippen molar-refractivity contribution < 1.29 is 14.7 Å². The molecule has 0 spiro atoms. The summed E-state index contributed by atoms with van der Waals surface area (Å²) in [5.74, 6) is -0.536. The molecule has 0 bridgehead atoms. The van der Waals surface area contributed by atoms with Crippen molar-refractivity contribution in [2.75, 3.05) is 5.32 Å². The summed E-state index contributed by atoms with van der Waals surface area (Å²) in [7, 11) is 0. The van der Waals surface area contributed by atoms with Crippen LogP contribution in [-0.2, 0) is 0 Å². The van der Waals surface area contributed by atoms with Gasteiger partial charge in [0.25, 0.3) is 11.8 Å². The topological polar surface area (TPSA) is 78.4 Å².